The molecule has 0 spiro atoms. The Morgan fingerprint density at radius 3 is 2.48 bits per heavy atom. The number of aromatic nitrogens is 5. The number of hydrogen-bond donors (Lipinski definition) is 1. The highest BCUT2D eigenvalue weighted by atomic mass is 16.5. The number of carbonyl (C=O) groups excluding carboxylic acids is 1. The Bertz CT molecular complexity index is 1120. The standard InChI is InChI=1S/C24H31N7O2/c1-15-4-8-31(9-5-15)24-25-13-20(21-12-16(2)29-33-21)22(27-24)18-6-10-30(11-7-18)23(32)19-14-26-28-17(19)3/h12-15,18H,4-11H2,1-3H3,(H,26,28). The first kappa shape index (κ1) is 21.6. The Kier molecular flexibility index (Phi) is 5.86. The molecule has 9 heteroatoms. The molecular formula is C24H31N7O2. The molecule has 0 radical (unpaired) electrons. The molecule has 1 N–H and O–H groups in total. The maximum absolute atomic E-state index is 12.9. The van der Waals surface area contributed by atoms with Crippen LogP contribution >= 0.6 is 0 Å². The molecule has 174 valence electrons. The number of nitrogens with one attached hydrogen (secondary N) is 1. The van der Waals surface area contributed by atoms with E-state index in [-0.39, 0.29) is 11.8 Å². The number of nitrogens with zero attached hydrogens (tertiary/aromatic N) is 6. The van der Waals surface area contributed by atoms with E-state index in [0.29, 0.717) is 24.4 Å². The lowest BCUT2D eigenvalue weighted by atomic mass is 9.90. The summed E-state index contributed by atoms with van der Waals surface area (Å²) in [6.45, 7) is 9.43. The van der Waals surface area contributed by atoms with Crippen LogP contribution in [0, 0.1) is 19.8 Å². The summed E-state index contributed by atoms with van der Waals surface area (Å²) in [7, 11) is 0. The molecule has 0 unspecified atom stereocenters. The van der Waals surface area contributed by atoms with E-state index < -0.39 is 0 Å². The fourth-order valence-electron chi connectivity index (χ4n) is 4.83. The van der Waals surface area contributed by atoms with Crippen LogP contribution in [0.2, 0.25) is 0 Å². The van der Waals surface area contributed by atoms with E-state index in [1.807, 2.05) is 31.0 Å². The zero-order valence-corrected chi connectivity index (χ0v) is 19.5. The van der Waals surface area contributed by atoms with Crippen LogP contribution < -0.4 is 4.90 Å². The van der Waals surface area contributed by atoms with Gasteiger partial charge in [0, 0.05) is 50.1 Å². The third-order valence-electron chi connectivity index (χ3n) is 6.99. The largest absolute Gasteiger partial charge is 0.356 e. The SMILES string of the molecule is Cc1cc(-c2cnc(N3CCC(C)CC3)nc2C2CCN(C(=O)c3cn[nH]c3C)CC2)on1. The third kappa shape index (κ3) is 4.36. The molecule has 0 saturated carbocycles. The van der Waals surface area contributed by atoms with Gasteiger partial charge in [-0.1, -0.05) is 12.1 Å². The van der Waals surface area contributed by atoms with Crippen LogP contribution in [-0.4, -0.2) is 62.3 Å². The molecule has 5 heterocycles. The van der Waals surface area contributed by atoms with Crippen molar-refractivity contribution in [2.45, 2.75) is 52.4 Å². The number of hydrogen-bond acceptors (Lipinski definition) is 7. The molecule has 0 aliphatic carbocycles. The minimum Gasteiger partial charge on any atom is -0.356 e. The molecule has 33 heavy (non-hydrogen) atoms. The van der Waals surface area contributed by atoms with Gasteiger partial charge in [-0.15, -0.1) is 0 Å². The Hall–Kier alpha value is -3.23. The Morgan fingerprint density at radius 2 is 1.85 bits per heavy atom. The van der Waals surface area contributed by atoms with E-state index in [1.165, 1.54) is 0 Å². The molecule has 9 nitrogen and oxygen atoms in total. The number of likely N-dealkylation sites (tertiary alicyclic amines) is 1. The lowest BCUT2D eigenvalue weighted by Crippen LogP contribution is -2.38. The first-order valence-corrected chi connectivity index (χ1v) is 11.8. The molecular weight excluding hydrogens is 418 g/mol. The quantitative estimate of drug-likeness (QED) is 0.647. The van der Waals surface area contributed by atoms with Crippen LogP contribution in [-0.2, 0) is 0 Å². The van der Waals surface area contributed by atoms with Crippen molar-refractivity contribution in [1.82, 2.24) is 30.2 Å². The monoisotopic (exact) mass is 449 g/mol. The zero-order valence-electron chi connectivity index (χ0n) is 19.5. The molecule has 3 aromatic heterocycles. The number of aryl methyl sites for hydroxylation is 2. The van der Waals surface area contributed by atoms with Gasteiger partial charge in [0.15, 0.2) is 5.76 Å². The molecule has 2 aliphatic heterocycles. The number of aromatic amines is 1. The summed E-state index contributed by atoms with van der Waals surface area (Å²) in [5.41, 5.74) is 4.19. The summed E-state index contributed by atoms with van der Waals surface area (Å²) < 4.78 is 5.58. The van der Waals surface area contributed by atoms with Crippen LogP contribution in [0.15, 0.2) is 23.0 Å². The molecule has 0 bridgehead atoms. The van der Waals surface area contributed by atoms with Crippen molar-refractivity contribution in [3.8, 4) is 11.3 Å². The average Bonchev–Trinajstić information content (AvgIpc) is 3.47. The minimum atomic E-state index is 0.0385. The second kappa shape index (κ2) is 8.96. The van der Waals surface area contributed by atoms with Gasteiger partial charge < -0.3 is 14.3 Å². The van der Waals surface area contributed by atoms with Gasteiger partial charge in [0.2, 0.25) is 5.95 Å². The molecule has 5 rings (SSSR count). The van der Waals surface area contributed by atoms with Crippen molar-refractivity contribution in [3.63, 3.8) is 0 Å². The van der Waals surface area contributed by atoms with E-state index in [2.05, 4.69) is 27.2 Å². The summed E-state index contributed by atoms with van der Waals surface area (Å²) in [4.78, 5) is 26.9. The summed E-state index contributed by atoms with van der Waals surface area (Å²) in [5.74, 6) is 2.51. The van der Waals surface area contributed by atoms with E-state index in [4.69, 9.17) is 14.5 Å². The smallest absolute Gasteiger partial charge is 0.257 e. The normalized spacial score (nSPS) is 18.2. The van der Waals surface area contributed by atoms with Crippen LogP contribution in [0.3, 0.4) is 0 Å². The third-order valence-corrected chi connectivity index (χ3v) is 6.99. The zero-order chi connectivity index (χ0) is 22.9. The molecule has 3 aromatic rings. The molecule has 2 aliphatic rings. The molecule has 2 saturated heterocycles. The number of rotatable bonds is 4. The van der Waals surface area contributed by atoms with Crippen molar-refractivity contribution in [2.24, 2.45) is 5.92 Å². The fraction of sp³-hybridized carbons (Fsp3) is 0.542. The summed E-state index contributed by atoms with van der Waals surface area (Å²) in [6.07, 6.45) is 7.52. The molecule has 1 amide bonds. The lowest BCUT2D eigenvalue weighted by Gasteiger charge is -2.33. The maximum atomic E-state index is 12.9. The summed E-state index contributed by atoms with van der Waals surface area (Å²) in [5, 5.41) is 10.9. The van der Waals surface area contributed by atoms with Crippen molar-refractivity contribution >= 4 is 11.9 Å². The van der Waals surface area contributed by atoms with Crippen molar-refractivity contribution in [3.05, 3.63) is 41.1 Å². The summed E-state index contributed by atoms with van der Waals surface area (Å²) in [6, 6.07) is 1.94. The van der Waals surface area contributed by atoms with Gasteiger partial charge >= 0.3 is 0 Å². The van der Waals surface area contributed by atoms with Gasteiger partial charge in [-0.25, -0.2) is 9.97 Å². The van der Waals surface area contributed by atoms with Crippen molar-refractivity contribution < 1.29 is 9.32 Å². The Morgan fingerprint density at radius 1 is 1.09 bits per heavy atom. The van der Waals surface area contributed by atoms with Crippen molar-refractivity contribution in [1.29, 1.82) is 0 Å². The van der Waals surface area contributed by atoms with Gasteiger partial charge in [0.05, 0.1) is 28.7 Å². The second-order valence-electron chi connectivity index (χ2n) is 9.45. The highest BCUT2D eigenvalue weighted by Crippen LogP contribution is 2.36. The Balaban J connectivity index is 1.39. The Labute approximate surface area is 193 Å². The van der Waals surface area contributed by atoms with E-state index in [0.717, 1.165) is 73.3 Å². The highest BCUT2D eigenvalue weighted by Gasteiger charge is 2.30. The van der Waals surface area contributed by atoms with Crippen LogP contribution in [0.4, 0.5) is 5.95 Å². The number of piperidine rings is 2. The molecule has 0 atom stereocenters. The van der Waals surface area contributed by atoms with Crippen LogP contribution in [0.5, 0.6) is 0 Å². The van der Waals surface area contributed by atoms with Gasteiger partial charge in [0.1, 0.15) is 0 Å². The van der Waals surface area contributed by atoms with Crippen LogP contribution in [0.25, 0.3) is 11.3 Å². The van der Waals surface area contributed by atoms with Gasteiger partial charge in [-0.3, -0.25) is 9.89 Å². The second-order valence-corrected chi connectivity index (χ2v) is 9.45. The predicted octanol–water partition coefficient (Wildman–Crippen LogP) is 3.73. The first-order chi connectivity index (χ1) is 16.0. The molecule has 2 fully saturated rings. The van der Waals surface area contributed by atoms with E-state index >= 15 is 0 Å². The van der Waals surface area contributed by atoms with E-state index in [1.54, 1.807) is 6.20 Å². The lowest BCUT2D eigenvalue weighted by molar-refractivity contribution is 0.0711. The highest BCUT2D eigenvalue weighted by molar-refractivity contribution is 5.95. The van der Waals surface area contributed by atoms with Crippen molar-refractivity contribution in [2.75, 3.05) is 31.1 Å². The average molecular weight is 450 g/mol. The predicted molar refractivity (Wildman–Crippen MR) is 124 cm³/mol. The number of H-pyrrole nitrogens is 1. The van der Waals surface area contributed by atoms with Gasteiger partial charge in [-0.05, 0) is 45.4 Å². The van der Waals surface area contributed by atoms with Crippen LogP contribution in [0.1, 0.15) is 66.0 Å². The number of amides is 1. The maximum Gasteiger partial charge on any atom is 0.257 e. The topological polar surface area (TPSA) is 104 Å². The number of carbonyl (C=O) groups is 1. The summed E-state index contributed by atoms with van der Waals surface area (Å²) >= 11 is 0. The molecule has 0 aromatic carbocycles. The van der Waals surface area contributed by atoms with Gasteiger partial charge in [-0.2, -0.15) is 5.10 Å². The van der Waals surface area contributed by atoms with Gasteiger partial charge in [0.25, 0.3) is 5.91 Å². The first-order valence-electron chi connectivity index (χ1n) is 11.8. The number of anilines is 1. The van der Waals surface area contributed by atoms with E-state index in [9.17, 15) is 4.79 Å². The minimum absolute atomic E-state index is 0.0385. The fourth-order valence-corrected chi connectivity index (χ4v) is 4.83.